The highest BCUT2D eigenvalue weighted by molar-refractivity contribution is 9.10. The maximum atomic E-state index is 12.5. The maximum Gasteiger partial charge on any atom is 0.338 e. The van der Waals surface area contributed by atoms with Crippen molar-refractivity contribution in [3.8, 4) is 11.5 Å². The Morgan fingerprint density at radius 2 is 2.00 bits per heavy atom. The molecule has 3 rings (SSSR count). The minimum atomic E-state index is -0.658. The number of carbonyl (C=O) groups excluding carboxylic acids is 2. The number of halogens is 1. The number of hydrogen-bond donors (Lipinski definition) is 2. The van der Waals surface area contributed by atoms with Crippen LogP contribution in [-0.4, -0.2) is 24.9 Å². The first-order chi connectivity index (χ1) is 11.4. The van der Waals surface area contributed by atoms with E-state index in [1.165, 1.54) is 0 Å². The number of rotatable bonds is 3. The van der Waals surface area contributed by atoms with Crippen molar-refractivity contribution < 1.29 is 23.8 Å². The molecule has 0 saturated heterocycles. The Labute approximate surface area is 147 Å². The van der Waals surface area contributed by atoms with Gasteiger partial charge in [0.1, 0.15) is 0 Å². The molecule has 24 heavy (non-hydrogen) atoms. The van der Waals surface area contributed by atoms with Gasteiger partial charge in [-0.25, -0.2) is 9.59 Å². The molecular weight excluding hydrogens is 380 g/mol. The van der Waals surface area contributed by atoms with E-state index < -0.39 is 12.0 Å². The molecule has 1 aromatic carbocycles. The topological polar surface area (TPSA) is 85.9 Å². The summed E-state index contributed by atoms with van der Waals surface area (Å²) in [4.78, 5) is 24.4. The van der Waals surface area contributed by atoms with Crippen molar-refractivity contribution in [3.63, 3.8) is 0 Å². The fourth-order valence-electron chi connectivity index (χ4n) is 2.63. The summed E-state index contributed by atoms with van der Waals surface area (Å²) in [7, 11) is 0. The summed E-state index contributed by atoms with van der Waals surface area (Å²) in [5.41, 5.74) is 1.49. The van der Waals surface area contributed by atoms with E-state index in [2.05, 4.69) is 26.6 Å². The summed E-state index contributed by atoms with van der Waals surface area (Å²) in [6, 6.07) is 2.46. The second-order valence-corrected chi connectivity index (χ2v) is 6.61. The first-order valence-corrected chi connectivity index (χ1v) is 8.24. The van der Waals surface area contributed by atoms with Crippen LogP contribution >= 0.6 is 15.9 Å². The molecule has 1 aromatic rings. The van der Waals surface area contributed by atoms with E-state index in [0.717, 1.165) is 0 Å². The van der Waals surface area contributed by atoms with Gasteiger partial charge in [-0.2, -0.15) is 0 Å². The zero-order valence-electron chi connectivity index (χ0n) is 13.4. The average molecular weight is 397 g/mol. The van der Waals surface area contributed by atoms with Gasteiger partial charge in [0.2, 0.25) is 6.79 Å². The van der Waals surface area contributed by atoms with E-state index in [0.29, 0.717) is 32.8 Å². The highest BCUT2D eigenvalue weighted by Gasteiger charge is 2.34. The monoisotopic (exact) mass is 396 g/mol. The molecule has 7 nitrogen and oxygen atoms in total. The Bertz CT molecular complexity index is 744. The summed E-state index contributed by atoms with van der Waals surface area (Å²) in [6.07, 6.45) is -0.267. The summed E-state index contributed by atoms with van der Waals surface area (Å²) >= 11 is 3.47. The van der Waals surface area contributed by atoms with Crippen LogP contribution in [-0.2, 0) is 9.53 Å². The average Bonchev–Trinajstić information content (AvgIpc) is 2.91. The molecule has 1 unspecified atom stereocenters. The third-order valence-electron chi connectivity index (χ3n) is 3.63. The second-order valence-electron chi connectivity index (χ2n) is 5.75. The predicted octanol–water partition coefficient (Wildman–Crippen LogP) is 2.76. The third kappa shape index (κ3) is 3.06. The number of esters is 1. The molecule has 0 saturated carbocycles. The number of benzene rings is 1. The molecule has 0 radical (unpaired) electrons. The molecule has 2 aliphatic rings. The first kappa shape index (κ1) is 16.6. The van der Waals surface area contributed by atoms with Crippen LogP contribution < -0.4 is 20.1 Å². The molecule has 2 N–H and O–H groups in total. The molecule has 2 amide bonds. The second kappa shape index (κ2) is 6.35. The Morgan fingerprint density at radius 3 is 2.67 bits per heavy atom. The first-order valence-electron chi connectivity index (χ1n) is 7.45. The van der Waals surface area contributed by atoms with Crippen LogP contribution in [0.4, 0.5) is 4.79 Å². The summed E-state index contributed by atoms with van der Waals surface area (Å²) in [5, 5.41) is 5.38. The molecule has 128 valence electrons. The zero-order chi connectivity index (χ0) is 17.4. The van der Waals surface area contributed by atoms with Crippen molar-refractivity contribution in [2.24, 2.45) is 0 Å². The molecule has 0 aromatic heterocycles. The number of urea groups is 1. The van der Waals surface area contributed by atoms with Crippen molar-refractivity contribution in [1.29, 1.82) is 0 Å². The van der Waals surface area contributed by atoms with E-state index in [9.17, 15) is 9.59 Å². The highest BCUT2D eigenvalue weighted by Crippen LogP contribution is 2.41. The van der Waals surface area contributed by atoms with Crippen molar-refractivity contribution in [2.45, 2.75) is 32.9 Å². The molecule has 0 spiro atoms. The largest absolute Gasteiger partial charge is 0.459 e. The lowest BCUT2D eigenvalue weighted by Gasteiger charge is -2.29. The van der Waals surface area contributed by atoms with Crippen molar-refractivity contribution >= 4 is 27.9 Å². The molecule has 0 fully saturated rings. The van der Waals surface area contributed by atoms with Gasteiger partial charge in [-0.15, -0.1) is 0 Å². The quantitative estimate of drug-likeness (QED) is 0.767. The Kier molecular flexibility index (Phi) is 4.40. The third-order valence-corrected chi connectivity index (χ3v) is 4.32. The standard InChI is InChI=1S/C16H17BrN2O5/c1-7(2)24-15(20)13-8(3)18-16(21)19-14(13)9-4-11-12(5-10(9)17)23-6-22-11/h4-5,7,14H,6H2,1-3H3,(H2,18,19,21). The van der Waals surface area contributed by atoms with E-state index in [1.54, 1.807) is 32.9 Å². The van der Waals surface area contributed by atoms with Gasteiger partial charge >= 0.3 is 12.0 Å². The van der Waals surface area contributed by atoms with Crippen LogP contribution in [0.1, 0.15) is 32.4 Å². The normalized spacial score (nSPS) is 19.2. The molecule has 2 aliphatic heterocycles. The summed E-state index contributed by atoms with van der Waals surface area (Å²) < 4.78 is 16.7. The number of carbonyl (C=O) groups is 2. The summed E-state index contributed by atoms with van der Waals surface area (Å²) in [5.74, 6) is 0.692. The lowest BCUT2D eigenvalue weighted by molar-refractivity contribution is -0.143. The molecule has 2 heterocycles. The number of amides is 2. The van der Waals surface area contributed by atoms with Gasteiger partial charge in [0.05, 0.1) is 17.7 Å². The summed E-state index contributed by atoms with van der Waals surface area (Å²) in [6.45, 7) is 5.35. The van der Waals surface area contributed by atoms with Gasteiger partial charge in [-0.3, -0.25) is 0 Å². The fourth-order valence-corrected chi connectivity index (χ4v) is 3.18. The lowest BCUT2D eigenvalue weighted by atomic mass is 9.95. The van der Waals surface area contributed by atoms with Crippen LogP contribution in [0.5, 0.6) is 11.5 Å². The number of ether oxygens (including phenoxy) is 3. The van der Waals surface area contributed by atoms with E-state index in [1.807, 2.05) is 0 Å². The minimum absolute atomic E-state index is 0.140. The van der Waals surface area contributed by atoms with E-state index >= 15 is 0 Å². The van der Waals surface area contributed by atoms with Gasteiger partial charge in [0.15, 0.2) is 11.5 Å². The Morgan fingerprint density at radius 1 is 1.33 bits per heavy atom. The van der Waals surface area contributed by atoms with Crippen LogP contribution in [0.15, 0.2) is 27.9 Å². The van der Waals surface area contributed by atoms with Crippen LogP contribution in [0, 0.1) is 0 Å². The van der Waals surface area contributed by atoms with Crippen LogP contribution in [0.3, 0.4) is 0 Å². The van der Waals surface area contributed by atoms with Crippen molar-refractivity contribution in [2.75, 3.05) is 6.79 Å². The smallest absolute Gasteiger partial charge is 0.338 e. The van der Waals surface area contributed by atoms with Crippen molar-refractivity contribution in [1.82, 2.24) is 10.6 Å². The predicted molar refractivity (Wildman–Crippen MR) is 88.6 cm³/mol. The molecule has 1 atom stereocenters. The van der Waals surface area contributed by atoms with Gasteiger partial charge in [0.25, 0.3) is 0 Å². The Balaban J connectivity index is 2.05. The SMILES string of the molecule is CC1=C(C(=O)OC(C)C)C(c2cc3c(cc2Br)OCO3)NC(=O)N1. The van der Waals surface area contributed by atoms with Crippen molar-refractivity contribution in [3.05, 3.63) is 33.4 Å². The fraction of sp³-hybridized carbons (Fsp3) is 0.375. The number of allylic oxidation sites excluding steroid dienone is 1. The minimum Gasteiger partial charge on any atom is -0.459 e. The highest BCUT2D eigenvalue weighted by atomic mass is 79.9. The van der Waals surface area contributed by atoms with Crippen LogP contribution in [0.2, 0.25) is 0 Å². The van der Waals surface area contributed by atoms with E-state index in [-0.39, 0.29) is 18.9 Å². The number of hydrogen-bond acceptors (Lipinski definition) is 5. The zero-order valence-corrected chi connectivity index (χ0v) is 15.0. The van der Waals surface area contributed by atoms with Gasteiger partial charge < -0.3 is 24.8 Å². The molecular formula is C16H17BrN2O5. The lowest BCUT2D eigenvalue weighted by Crippen LogP contribution is -2.45. The van der Waals surface area contributed by atoms with Crippen LogP contribution in [0.25, 0.3) is 0 Å². The number of nitrogens with one attached hydrogen (secondary N) is 2. The Hall–Kier alpha value is -2.22. The van der Waals surface area contributed by atoms with Gasteiger partial charge in [0, 0.05) is 10.2 Å². The molecule has 0 bridgehead atoms. The van der Waals surface area contributed by atoms with Gasteiger partial charge in [-0.1, -0.05) is 15.9 Å². The molecule has 8 heteroatoms. The molecule has 0 aliphatic carbocycles. The number of fused-ring (bicyclic) bond motifs is 1. The van der Waals surface area contributed by atoms with E-state index in [4.69, 9.17) is 14.2 Å². The van der Waals surface area contributed by atoms with Gasteiger partial charge in [-0.05, 0) is 38.5 Å². The maximum absolute atomic E-state index is 12.5.